The monoisotopic (exact) mass is 186 g/mol. The Morgan fingerprint density at radius 1 is 1.38 bits per heavy atom. The zero-order chi connectivity index (χ0) is 10.3. The van der Waals surface area contributed by atoms with Gasteiger partial charge in [-0.15, -0.1) is 0 Å². The van der Waals surface area contributed by atoms with Gasteiger partial charge in [0.15, 0.2) is 0 Å². The van der Waals surface area contributed by atoms with E-state index in [1.165, 1.54) is 0 Å². The minimum Gasteiger partial charge on any atom is -0.396 e. The van der Waals surface area contributed by atoms with Gasteiger partial charge in [-0.05, 0) is 33.6 Å². The maximum absolute atomic E-state index is 8.51. The highest BCUT2D eigenvalue weighted by Gasteiger charge is 2.10. The summed E-state index contributed by atoms with van der Waals surface area (Å²) in [5.41, 5.74) is -0.0996. The van der Waals surface area contributed by atoms with Crippen LogP contribution in [0.5, 0.6) is 0 Å². The average Bonchev–Trinajstić information content (AvgIpc) is 1.94. The molecule has 0 aliphatic carbocycles. The van der Waals surface area contributed by atoms with Gasteiger partial charge in [0.1, 0.15) is 0 Å². The summed E-state index contributed by atoms with van der Waals surface area (Å²) in [4.78, 5) is 0. The number of nitrogens with zero attached hydrogens (tertiary/aromatic N) is 1. The molecule has 0 aromatic carbocycles. The number of aliphatic hydroxyl groups excluding tert-OH is 1. The van der Waals surface area contributed by atoms with Gasteiger partial charge < -0.3 is 10.4 Å². The first-order valence-electron chi connectivity index (χ1n) is 4.61. The quantitative estimate of drug-likeness (QED) is 0.343. The Bertz CT molecular complexity index is 151. The van der Waals surface area contributed by atoms with E-state index in [1.807, 2.05) is 20.8 Å². The zero-order valence-electron chi connectivity index (χ0n) is 8.72. The first kappa shape index (κ1) is 12.2. The van der Waals surface area contributed by atoms with E-state index < -0.39 is 0 Å². The van der Waals surface area contributed by atoms with Gasteiger partial charge >= 0.3 is 0 Å². The number of rotatable bonds is 4. The predicted molar refractivity (Wildman–Crippen MR) is 53.9 cm³/mol. The maximum atomic E-state index is 8.51. The van der Waals surface area contributed by atoms with Crippen LogP contribution in [-0.2, 0) is 0 Å². The van der Waals surface area contributed by atoms with Gasteiger partial charge in [0.05, 0.1) is 0 Å². The summed E-state index contributed by atoms with van der Waals surface area (Å²) >= 11 is 0. The van der Waals surface area contributed by atoms with E-state index in [9.17, 15) is 0 Å². The summed E-state index contributed by atoms with van der Waals surface area (Å²) in [5.74, 6) is 0.227. The fourth-order valence-electron chi connectivity index (χ4n) is 0.809. The van der Waals surface area contributed by atoms with Gasteiger partial charge in [0.25, 0.3) is 0 Å². The molecule has 0 atom stereocenters. The fraction of sp³-hybridized carbons (Fsp3) is 0.889. The second kappa shape index (κ2) is 5.80. The third kappa shape index (κ3) is 9.14. The summed E-state index contributed by atoms with van der Waals surface area (Å²) < 4.78 is 0. The van der Waals surface area contributed by atoms with Gasteiger partial charge in [-0.1, -0.05) is 0 Å². The van der Waals surface area contributed by atoms with Crippen LogP contribution in [0.25, 0.3) is 0 Å². The molecule has 13 heavy (non-hydrogen) atoms. The highest BCUT2D eigenvalue weighted by Crippen LogP contribution is 1.97. The topological polar surface area (TPSA) is 70.2 Å². The molecular weight excluding hydrogens is 166 g/mol. The Kier molecular flexibility index (Phi) is 5.46. The van der Waals surface area contributed by atoms with Crippen LogP contribution in [0, 0.1) is 5.41 Å². The molecule has 0 bridgehead atoms. The molecule has 0 heterocycles. The van der Waals surface area contributed by atoms with Crippen molar-refractivity contribution < 1.29 is 5.11 Å². The summed E-state index contributed by atoms with van der Waals surface area (Å²) in [6, 6.07) is 0. The van der Waals surface area contributed by atoms with Crippen molar-refractivity contribution >= 4 is 5.96 Å². The molecule has 0 aliphatic heterocycles. The summed E-state index contributed by atoms with van der Waals surface area (Å²) in [5, 5.41) is 22.9. The third-order valence-corrected chi connectivity index (χ3v) is 1.33. The lowest BCUT2D eigenvalue weighted by atomic mass is 10.1. The van der Waals surface area contributed by atoms with Crippen LogP contribution >= 0.6 is 0 Å². The number of hydrogen-bond donors (Lipinski definition) is 3. The van der Waals surface area contributed by atoms with Crippen molar-refractivity contribution in [1.29, 1.82) is 5.41 Å². The van der Waals surface area contributed by atoms with E-state index in [-0.39, 0.29) is 18.1 Å². The normalized spacial score (nSPS) is 11.1. The van der Waals surface area contributed by atoms with Crippen molar-refractivity contribution in [2.45, 2.75) is 39.2 Å². The Hall–Kier alpha value is -0.770. The Balaban J connectivity index is 3.41. The summed E-state index contributed by atoms with van der Waals surface area (Å²) in [7, 11) is 0. The van der Waals surface area contributed by atoms with E-state index in [0.29, 0.717) is 6.54 Å². The average molecular weight is 186 g/mol. The molecule has 0 aromatic rings. The molecule has 0 fully saturated rings. The molecule has 3 N–H and O–H groups in total. The van der Waals surface area contributed by atoms with Gasteiger partial charge in [0, 0.05) is 18.7 Å². The predicted octanol–water partition coefficient (Wildman–Crippen LogP) is 0.686. The minimum absolute atomic E-state index is 0.0996. The second-order valence-electron chi connectivity index (χ2n) is 4.04. The first-order chi connectivity index (χ1) is 5.95. The molecule has 77 valence electrons. The van der Waals surface area contributed by atoms with Crippen LogP contribution in [0.15, 0.2) is 0 Å². The van der Waals surface area contributed by atoms with Gasteiger partial charge in [-0.3, -0.25) is 10.7 Å². The molecule has 0 spiro atoms. The summed E-state index contributed by atoms with van der Waals surface area (Å²) in [6.45, 7) is 6.79. The van der Waals surface area contributed by atoms with Crippen molar-refractivity contribution in [2.75, 3.05) is 13.2 Å². The van der Waals surface area contributed by atoms with E-state index in [1.54, 1.807) is 0 Å². The van der Waals surface area contributed by atoms with E-state index >= 15 is 0 Å². The van der Waals surface area contributed by atoms with Crippen LogP contribution in [0.1, 0.15) is 33.6 Å². The highest BCUT2D eigenvalue weighted by atomic mass is 16.2. The number of aliphatic hydroxyl groups is 1. The van der Waals surface area contributed by atoms with E-state index in [2.05, 4.69) is 10.6 Å². The standard InChI is InChI=1S/C9H20N3O/c1-9(2,3)12-8(10)11-6-4-5-7-13/h13H,4-7H2,1-3H3,(H2,10,12). The largest absolute Gasteiger partial charge is 0.396 e. The van der Waals surface area contributed by atoms with E-state index in [4.69, 9.17) is 10.5 Å². The molecule has 0 unspecified atom stereocenters. The molecule has 4 nitrogen and oxygen atoms in total. The minimum atomic E-state index is -0.0996. The van der Waals surface area contributed by atoms with Crippen molar-refractivity contribution in [3.8, 4) is 0 Å². The van der Waals surface area contributed by atoms with Crippen molar-refractivity contribution in [1.82, 2.24) is 10.6 Å². The third-order valence-electron chi connectivity index (χ3n) is 1.33. The van der Waals surface area contributed by atoms with Crippen LogP contribution in [0.3, 0.4) is 0 Å². The smallest absolute Gasteiger partial charge is 0.210 e. The first-order valence-corrected chi connectivity index (χ1v) is 4.61. The van der Waals surface area contributed by atoms with Crippen molar-refractivity contribution in [2.24, 2.45) is 0 Å². The molecule has 4 heteroatoms. The van der Waals surface area contributed by atoms with Crippen molar-refractivity contribution in [3.05, 3.63) is 0 Å². The molecule has 0 aliphatic rings. The van der Waals surface area contributed by atoms with E-state index in [0.717, 1.165) is 12.8 Å². The van der Waals surface area contributed by atoms with Crippen LogP contribution in [0.2, 0.25) is 0 Å². The molecule has 0 aromatic heterocycles. The Morgan fingerprint density at radius 3 is 2.46 bits per heavy atom. The highest BCUT2D eigenvalue weighted by molar-refractivity contribution is 5.76. The lowest BCUT2D eigenvalue weighted by molar-refractivity contribution is 0.284. The molecular formula is C9H20N3O. The number of guanidine groups is 1. The van der Waals surface area contributed by atoms with Crippen LogP contribution < -0.4 is 10.6 Å². The number of nitrogens with one attached hydrogen (secondary N) is 2. The summed E-state index contributed by atoms with van der Waals surface area (Å²) in [6.07, 6.45) is 1.59. The molecule has 0 saturated heterocycles. The number of unbranched alkanes of at least 4 members (excludes halogenated alkanes) is 1. The molecule has 0 amide bonds. The molecule has 0 rings (SSSR count). The van der Waals surface area contributed by atoms with Crippen LogP contribution in [0.4, 0.5) is 0 Å². The molecule has 0 saturated carbocycles. The van der Waals surface area contributed by atoms with Gasteiger partial charge in [-0.2, -0.15) is 0 Å². The lowest BCUT2D eigenvalue weighted by Crippen LogP contribution is -2.44. The van der Waals surface area contributed by atoms with Gasteiger partial charge in [-0.25, -0.2) is 0 Å². The van der Waals surface area contributed by atoms with Gasteiger partial charge in [0.2, 0.25) is 5.96 Å². The van der Waals surface area contributed by atoms with Crippen LogP contribution in [-0.4, -0.2) is 29.8 Å². The zero-order valence-corrected chi connectivity index (χ0v) is 8.72. The number of hydrogen-bond acceptors (Lipinski definition) is 2. The maximum Gasteiger partial charge on any atom is 0.210 e. The Labute approximate surface area is 80.2 Å². The Morgan fingerprint density at radius 2 is 2.00 bits per heavy atom. The lowest BCUT2D eigenvalue weighted by Gasteiger charge is -2.21. The SMILES string of the molecule is CC(C)(C)NC(=N)[N]CCCCO. The fourth-order valence-corrected chi connectivity index (χ4v) is 0.809. The second-order valence-corrected chi connectivity index (χ2v) is 4.04. The molecule has 1 radical (unpaired) electrons. The van der Waals surface area contributed by atoms with Crippen molar-refractivity contribution in [3.63, 3.8) is 0 Å².